The first kappa shape index (κ1) is 12.5. The molecule has 0 radical (unpaired) electrons. The van der Waals surface area contributed by atoms with Crippen molar-refractivity contribution >= 4 is 27.3 Å². The van der Waals surface area contributed by atoms with Crippen LogP contribution in [0, 0.1) is 5.82 Å². The Kier molecular flexibility index (Phi) is 4.15. The van der Waals surface area contributed by atoms with Gasteiger partial charge in [-0.25, -0.2) is 4.39 Å². The minimum Gasteiger partial charge on any atom is -0.488 e. The summed E-state index contributed by atoms with van der Waals surface area (Å²) in [6.07, 6.45) is 0. The molecule has 0 bridgehead atoms. The van der Waals surface area contributed by atoms with Crippen LogP contribution in [0.3, 0.4) is 0 Å². The normalized spacial score (nSPS) is 10.5. The number of aliphatic hydroxyl groups is 1. The zero-order chi connectivity index (χ0) is 12.3. The molecule has 2 nitrogen and oxygen atoms in total. The lowest BCUT2D eigenvalue weighted by molar-refractivity contribution is 0.277. The highest BCUT2D eigenvalue weighted by molar-refractivity contribution is 9.11. The van der Waals surface area contributed by atoms with Crippen LogP contribution in [0.4, 0.5) is 4.39 Å². The van der Waals surface area contributed by atoms with Gasteiger partial charge < -0.3 is 9.84 Å². The Bertz CT molecular complexity index is 513. The molecular weight excluding hydrogens is 307 g/mol. The van der Waals surface area contributed by atoms with E-state index < -0.39 is 5.82 Å². The molecule has 5 heteroatoms. The number of aliphatic hydroxyl groups excluding tert-OH is 1. The predicted molar refractivity (Wildman–Crippen MR) is 68.7 cm³/mol. The van der Waals surface area contributed by atoms with Crippen LogP contribution in [-0.2, 0) is 13.2 Å². The molecule has 0 saturated heterocycles. The fourth-order valence-corrected chi connectivity index (χ4v) is 2.78. The molecule has 0 aliphatic heterocycles. The van der Waals surface area contributed by atoms with E-state index in [0.717, 1.165) is 8.66 Å². The molecule has 0 aliphatic rings. The average molecular weight is 317 g/mol. The molecule has 0 spiro atoms. The Hall–Kier alpha value is -0.910. The Balaban J connectivity index is 2.05. The number of halogens is 2. The third-order valence-corrected chi connectivity index (χ3v) is 3.72. The van der Waals surface area contributed by atoms with Gasteiger partial charge in [0.25, 0.3) is 0 Å². The van der Waals surface area contributed by atoms with E-state index in [9.17, 15) is 4.39 Å². The quantitative estimate of drug-likeness (QED) is 0.931. The first-order chi connectivity index (χ1) is 8.17. The van der Waals surface area contributed by atoms with Gasteiger partial charge in [0.15, 0.2) is 0 Å². The van der Waals surface area contributed by atoms with Crippen LogP contribution in [0.25, 0.3) is 0 Å². The largest absolute Gasteiger partial charge is 0.488 e. The molecule has 17 heavy (non-hydrogen) atoms. The maximum atomic E-state index is 13.1. The molecule has 1 aromatic carbocycles. The van der Waals surface area contributed by atoms with Crippen LogP contribution in [0.15, 0.2) is 34.1 Å². The number of thiophene rings is 1. The van der Waals surface area contributed by atoms with Crippen LogP contribution in [-0.4, -0.2) is 5.11 Å². The predicted octanol–water partition coefficient (Wildman–Crippen LogP) is 3.72. The second-order valence-corrected chi connectivity index (χ2v) is 6.00. The minimum absolute atomic E-state index is 0.196. The Morgan fingerprint density at radius 3 is 2.76 bits per heavy atom. The lowest BCUT2D eigenvalue weighted by Crippen LogP contribution is -1.95. The lowest BCUT2D eigenvalue weighted by Gasteiger charge is -2.06. The highest BCUT2D eigenvalue weighted by Gasteiger charge is 2.03. The standard InChI is InChI=1S/C12H10BrFO2S/c13-12-2-1-11(17-12)7-16-10-4-8(6-15)3-9(14)5-10/h1-5,15H,6-7H2. The first-order valence-electron chi connectivity index (χ1n) is 4.95. The summed E-state index contributed by atoms with van der Waals surface area (Å²) in [5.74, 6) is 0.0254. The van der Waals surface area contributed by atoms with Gasteiger partial charge in [-0.2, -0.15) is 0 Å². The number of hydrogen-bond donors (Lipinski definition) is 1. The molecule has 0 amide bonds. The van der Waals surface area contributed by atoms with Crippen molar-refractivity contribution in [2.75, 3.05) is 0 Å². The topological polar surface area (TPSA) is 29.5 Å². The zero-order valence-corrected chi connectivity index (χ0v) is 11.2. The van der Waals surface area contributed by atoms with E-state index in [1.165, 1.54) is 12.1 Å². The fourth-order valence-electron chi connectivity index (χ4n) is 1.38. The van der Waals surface area contributed by atoms with E-state index in [1.807, 2.05) is 12.1 Å². The van der Waals surface area contributed by atoms with E-state index >= 15 is 0 Å². The second-order valence-electron chi connectivity index (χ2n) is 3.45. The second kappa shape index (κ2) is 5.62. The van der Waals surface area contributed by atoms with Gasteiger partial charge in [-0.15, -0.1) is 11.3 Å². The highest BCUT2D eigenvalue weighted by Crippen LogP contribution is 2.24. The van der Waals surface area contributed by atoms with E-state index in [1.54, 1.807) is 17.4 Å². The zero-order valence-electron chi connectivity index (χ0n) is 8.82. The molecule has 0 fully saturated rings. The maximum Gasteiger partial charge on any atom is 0.127 e. The van der Waals surface area contributed by atoms with Crippen molar-refractivity contribution < 1.29 is 14.2 Å². The molecule has 90 valence electrons. The fraction of sp³-hybridized carbons (Fsp3) is 0.167. The van der Waals surface area contributed by atoms with Crippen LogP contribution >= 0.6 is 27.3 Å². The highest BCUT2D eigenvalue weighted by atomic mass is 79.9. The lowest BCUT2D eigenvalue weighted by atomic mass is 10.2. The number of hydrogen-bond acceptors (Lipinski definition) is 3. The van der Waals surface area contributed by atoms with Crippen molar-refractivity contribution in [1.82, 2.24) is 0 Å². The van der Waals surface area contributed by atoms with Crippen molar-refractivity contribution in [1.29, 1.82) is 0 Å². The van der Waals surface area contributed by atoms with Gasteiger partial charge in [-0.3, -0.25) is 0 Å². The van der Waals surface area contributed by atoms with Crippen molar-refractivity contribution in [3.8, 4) is 5.75 Å². The summed E-state index contributed by atoms with van der Waals surface area (Å²) in [5.41, 5.74) is 0.507. The van der Waals surface area contributed by atoms with E-state index in [0.29, 0.717) is 17.9 Å². The molecule has 0 unspecified atom stereocenters. The Morgan fingerprint density at radius 1 is 1.29 bits per heavy atom. The SMILES string of the molecule is OCc1cc(F)cc(OCc2ccc(Br)s2)c1. The summed E-state index contributed by atoms with van der Waals surface area (Å²) in [4.78, 5) is 1.05. The third kappa shape index (κ3) is 3.52. The van der Waals surface area contributed by atoms with Crippen molar-refractivity contribution in [2.45, 2.75) is 13.2 Å². The number of ether oxygens (including phenoxy) is 1. The summed E-state index contributed by atoms with van der Waals surface area (Å²) in [7, 11) is 0. The van der Waals surface area contributed by atoms with Crippen molar-refractivity contribution in [3.63, 3.8) is 0 Å². The minimum atomic E-state index is -0.404. The third-order valence-electron chi connectivity index (χ3n) is 2.12. The molecular formula is C12H10BrFO2S. The monoisotopic (exact) mass is 316 g/mol. The summed E-state index contributed by atoms with van der Waals surface area (Å²) < 4.78 is 19.6. The molecule has 2 aromatic rings. The smallest absolute Gasteiger partial charge is 0.127 e. The molecule has 1 N–H and O–H groups in total. The summed E-state index contributed by atoms with van der Waals surface area (Å²) in [5, 5.41) is 8.95. The molecule has 1 aromatic heterocycles. The molecule has 2 rings (SSSR count). The first-order valence-corrected chi connectivity index (χ1v) is 6.55. The Labute approximate surface area is 111 Å². The van der Waals surface area contributed by atoms with Gasteiger partial charge in [0, 0.05) is 10.9 Å². The van der Waals surface area contributed by atoms with E-state index in [4.69, 9.17) is 9.84 Å². The van der Waals surface area contributed by atoms with Gasteiger partial charge in [-0.1, -0.05) is 0 Å². The average Bonchev–Trinajstić information content (AvgIpc) is 2.72. The van der Waals surface area contributed by atoms with Crippen LogP contribution < -0.4 is 4.74 Å². The number of benzene rings is 1. The van der Waals surface area contributed by atoms with E-state index in [-0.39, 0.29) is 6.61 Å². The molecule has 0 aliphatic carbocycles. The molecule has 1 heterocycles. The summed E-state index contributed by atoms with van der Waals surface area (Å²) in [6.45, 7) is 0.198. The molecule has 0 atom stereocenters. The van der Waals surface area contributed by atoms with E-state index in [2.05, 4.69) is 15.9 Å². The van der Waals surface area contributed by atoms with Crippen molar-refractivity contribution in [3.05, 3.63) is 50.4 Å². The van der Waals surface area contributed by atoms with Gasteiger partial charge in [0.2, 0.25) is 0 Å². The van der Waals surface area contributed by atoms with Gasteiger partial charge >= 0.3 is 0 Å². The number of rotatable bonds is 4. The van der Waals surface area contributed by atoms with Gasteiger partial charge in [0.05, 0.1) is 10.4 Å². The van der Waals surface area contributed by atoms with Crippen LogP contribution in [0.2, 0.25) is 0 Å². The van der Waals surface area contributed by atoms with Crippen molar-refractivity contribution in [2.24, 2.45) is 0 Å². The van der Waals surface area contributed by atoms with Crippen LogP contribution in [0.5, 0.6) is 5.75 Å². The maximum absolute atomic E-state index is 13.1. The molecule has 0 saturated carbocycles. The summed E-state index contributed by atoms with van der Waals surface area (Å²) >= 11 is 4.93. The van der Waals surface area contributed by atoms with Crippen LogP contribution in [0.1, 0.15) is 10.4 Å². The Morgan fingerprint density at radius 2 is 2.12 bits per heavy atom. The van der Waals surface area contributed by atoms with Gasteiger partial charge in [0.1, 0.15) is 18.2 Å². The van der Waals surface area contributed by atoms with Gasteiger partial charge in [-0.05, 0) is 45.8 Å². The summed E-state index contributed by atoms with van der Waals surface area (Å²) in [6, 6.07) is 8.11.